The standard InChI is InChI=1S/C19H27ClN2O5S2/c1-21(28(2,24)25)16-9-13-22(14-10-16)18(23)19(11-3-4-12-19)29(26,27)17-7-5-15(20)6-8-17/h5-8,16H,3-4,9-14H2,1-2H3. The largest absolute Gasteiger partial charge is 0.341 e. The fourth-order valence-corrected chi connectivity index (χ4v) is 7.38. The Morgan fingerprint density at radius 1 is 1.07 bits per heavy atom. The van der Waals surface area contributed by atoms with Crippen molar-refractivity contribution in [1.82, 2.24) is 9.21 Å². The summed E-state index contributed by atoms with van der Waals surface area (Å²) in [6.45, 7) is 0.697. The van der Waals surface area contributed by atoms with Crippen LogP contribution in [0.5, 0.6) is 0 Å². The molecule has 29 heavy (non-hydrogen) atoms. The van der Waals surface area contributed by atoms with Gasteiger partial charge in [0, 0.05) is 31.2 Å². The van der Waals surface area contributed by atoms with Crippen LogP contribution >= 0.6 is 11.6 Å². The average molecular weight is 463 g/mol. The van der Waals surface area contributed by atoms with E-state index in [0.717, 1.165) is 6.26 Å². The molecule has 0 spiro atoms. The predicted octanol–water partition coefficient (Wildman–Crippen LogP) is 2.31. The molecule has 1 heterocycles. The summed E-state index contributed by atoms with van der Waals surface area (Å²) in [5.41, 5.74) is 0. The summed E-state index contributed by atoms with van der Waals surface area (Å²) >= 11 is 5.89. The van der Waals surface area contributed by atoms with Gasteiger partial charge < -0.3 is 4.90 Å². The van der Waals surface area contributed by atoms with Crippen LogP contribution < -0.4 is 0 Å². The molecule has 1 aliphatic carbocycles. The van der Waals surface area contributed by atoms with Gasteiger partial charge in [-0.2, -0.15) is 0 Å². The fourth-order valence-electron chi connectivity index (χ4n) is 4.37. The predicted molar refractivity (Wildman–Crippen MR) is 112 cm³/mol. The number of piperidine rings is 1. The van der Waals surface area contributed by atoms with Gasteiger partial charge in [-0.15, -0.1) is 0 Å². The van der Waals surface area contributed by atoms with E-state index in [1.54, 1.807) is 11.9 Å². The number of halogens is 1. The van der Waals surface area contributed by atoms with Crippen molar-refractivity contribution in [3.8, 4) is 0 Å². The first-order chi connectivity index (χ1) is 13.5. The van der Waals surface area contributed by atoms with Gasteiger partial charge in [0.05, 0.1) is 11.2 Å². The smallest absolute Gasteiger partial charge is 0.244 e. The van der Waals surface area contributed by atoms with Crippen molar-refractivity contribution in [2.24, 2.45) is 0 Å². The van der Waals surface area contributed by atoms with Crippen molar-refractivity contribution in [2.45, 2.75) is 54.2 Å². The van der Waals surface area contributed by atoms with Crippen LogP contribution in [0.15, 0.2) is 29.2 Å². The van der Waals surface area contributed by atoms with Crippen LogP contribution in [0.3, 0.4) is 0 Å². The van der Waals surface area contributed by atoms with Gasteiger partial charge in [0.1, 0.15) is 0 Å². The van der Waals surface area contributed by atoms with Gasteiger partial charge in [0.2, 0.25) is 15.9 Å². The van der Waals surface area contributed by atoms with Crippen LogP contribution in [0.4, 0.5) is 0 Å². The number of hydrogen-bond acceptors (Lipinski definition) is 5. The maximum Gasteiger partial charge on any atom is 0.244 e. The van der Waals surface area contributed by atoms with E-state index >= 15 is 0 Å². The van der Waals surface area contributed by atoms with Gasteiger partial charge in [-0.3, -0.25) is 4.79 Å². The molecule has 1 amide bonds. The van der Waals surface area contributed by atoms with E-state index in [0.29, 0.717) is 56.6 Å². The lowest BCUT2D eigenvalue weighted by atomic mass is 10.0. The highest BCUT2D eigenvalue weighted by Crippen LogP contribution is 2.42. The maximum absolute atomic E-state index is 13.5. The van der Waals surface area contributed by atoms with Gasteiger partial charge in [-0.25, -0.2) is 21.1 Å². The molecule has 1 saturated carbocycles. The van der Waals surface area contributed by atoms with Gasteiger partial charge in [-0.05, 0) is 49.9 Å². The Labute approximate surface area is 178 Å². The highest BCUT2D eigenvalue weighted by atomic mass is 35.5. The number of nitrogens with zero attached hydrogens (tertiary/aromatic N) is 2. The minimum Gasteiger partial charge on any atom is -0.341 e. The summed E-state index contributed by atoms with van der Waals surface area (Å²) in [6.07, 6.45) is 4.13. The van der Waals surface area contributed by atoms with Crippen LogP contribution in [-0.4, -0.2) is 69.1 Å². The zero-order valence-corrected chi connectivity index (χ0v) is 19.1. The molecule has 1 aliphatic heterocycles. The minimum atomic E-state index is -3.87. The molecular formula is C19H27ClN2O5S2. The highest BCUT2D eigenvalue weighted by Gasteiger charge is 2.54. The molecule has 0 atom stereocenters. The number of carbonyl (C=O) groups is 1. The summed E-state index contributed by atoms with van der Waals surface area (Å²) in [4.78, 5) is 15.2. The fraction of sp³-hybridized carbons (Fsp3) is 0.632. The molecule has 10 heteroatoms. The first-order valence-corrected chi connectivity index (χ1v) is 13.4. The van der Waals surface area contributed by atoms with Crippen LogP contribution in [0, 0.1) is 0 Å². The Morgan fingerprint density at radius 2 is 1.59 bits per heavy atom. The first-order valence-electron chi connectivity index (χ1n) is 9.72. The normalized spacial score (nSPS) is 20.9. The lowest BCUT2D eigenvalue weighted by molar-refractivity contribution is -0.135. The molecular weight excluding hydrogens is 436 g/mol. The van der Waals surface area contributed by atoms with Crippen LogP contribution in [0.2, 0.25) is 5.02 Å². The second kappa shape index (κ2) is 8.17. The van der Waals surface area contributed by atoms with E-state index in [-0.39, 0.29) is 16.8 Å². The Hall–Kier alpha value is -1.16. The third kappa shape index (κ3) is 4.19. The van der Waals surface area contributed by atoms with E-state index in [1.165, 1.54) is 28.6 Å². The minimum absolute atomic E-state index is 0.115. The van der Waals surface area contributed by atoms with Crippen molar-refractivity contribution in [3.63, 3.8) is 0 Å². The lowest BCUT2D eigenvalue weighted by Gasteiger charge is -2.39. The van der Waals surface area contributed by atoms with Gasteiger partial charge in [0.25, 0.3) is 0 Å². The monoisotopic (exact) mass is 462 g/mol. The molecule has 1 aromatic carbocycles. The molecule has 0 radical (unpaired) electrons. The van der Waals surface area contributed by atoms with E-state index in [2.05, 4.69) is 0 Å². The molecule has 162 valence electrons. The molecule has 3 rings (SSSR count). The zero-order chi connectivity index (χ0) is 21.4. The van der Waals surface area contributed by atoms with Gasteiger partial charge >= 0.3 is 0 Å². The SMILES string of the molecule is CN(C1CCN(C(=O)C2(S(=O)(=O)c3ccc(Cl)cc3)CCCC2)CC1)S(C)(=O)=O. The molecule has 1 saturated heterocycles. The number of benzene rings is 1. The van der Waals surface area contributed by atoms with Crippen LogP contribution in [0.25, 0.3) is 0 Å². The van der Waals surface area contributed by atoms with Crippen LogP contribution in [-0.2, 0) is 24.7 Å². The Morgan fingerprint density at radius 3 is 2.07 bits per heavy atom. The molecule has 0 aromatic heterocycles. The van der Waals surface area contributed by atoms with E-state index < -0.39 is 24.6 Å². The number of carbonyl (C=O) groups excluding carboxylic acids is 1. The Balaban J connectivity index is 1.83. The zero-order valence-electron chi connectivity index (χ0n) is 16.7. The van der Waals surface area contributed by atoms with Crippen molar-refractivity contribution in [2.75, 3.05) is 26.4 Å². The number of likely N-dealkylation sites (tertiary alicyclic amines) is 1. The summed E-state index contributed by atoms with van der Waals surface area (Å²) in [5, 5.41) is 0.438. The first kappa shape index (κ1) is 22.5. The van der Waals surface area contributed by atoms with Gasteiger partial charge in [-0.1, -0.05) is 24.4 Å². The summed E-state index contributed by atoms with van der Waals surface area (Å²) in [6, 6.07) is 5.78. The van der Waals surface area contributed by atoms with Crippen molar-refractivity contribution in [3.05, 3.63) is 29.3 Å². The lowest BCUT2D eigenvalue weighted by Crippen LogP contribution is -2.56. The molecule has 1 aromatic rings. The van der Waals surface area contributed by atoms with E-state index in [4.69, 9.17) is 11.6 Å². The molecule has 2 aliphatic rings. The maximum atomic E-state index is 13.5. The third-order valence-electron chi connectivity index (χ3n) is 6.23. The number of sulfonamides is 1. The van der Waals surface area contributed by atoms with E-state index in [9.17, 15) is 21.6 Å². The second-order valence-corrected chi connectivity index (χ2v) is 12.7. The van der Waals surface area contributed by atoms with Crippen molar-refractivity contribution >= 4 is 37.4 Å². The number of amides is 1. The molecule has 7 nitrogen and oxygen atoms in total. The third-order valence-corrected chi connectivity index (χ3v) is 10.3. The second-order valence-electron chi connectivity index (χ2n) is 7.96. The van der Waals surface area contributed by atoms with Crippen molar-refractivity contribution < 1.29 is 21.6 Å². The van der Waals surface area contributed by atoms with Gasteiger partial charge in [0.15, 0.2) is 14.6 Å². The number of hydrogen-bond donors (Lipinski definition) is 0. The Kier molecular flexibility index (Phi) is 6.34. The average Bonchev–Trinajstić information content (AvgIpc) is 3.18. The molecule has 0 bridgehead atoms. The summed E-state index contributed by atoms with van der Waals surface area (Å²) in [5.74, 6) is -0.356. The number of rotatable bonds is 5. The van der Waals surface area contributed by atoms with Crippen molar-refractivity contribution in [1.29, 1.82) is 0 Å². The van der Waals surface area contributed by atoms with Crippen LogP contribution in [0.1, 0.15) is 38.5 Å². The molecule has 0 N–H and O–H groups in total. The Bertz CT molecular complexity index is 962. The quantitative estimate of drug-likeness (QED) is 0.669. The molecule has 0 unspecified atom stereocenters. The highest BCUT2D eigenvalue weighted by molar-refractivity contribution is 7.93. The number of sulfone groups is 1. The summed E-state index contributed by atoms with van der Waals surface area (Å²) in [7, 11) is -5.64. The summed E-state index contributed by atoms with van der Waals surface area (Å²) < 4.78 is 50.4. The topological polar surface area (TPSA) is 91.8 Å². The molecule has 2 fully saturated rings. The van der Waals surface area contributed by atoms with E-state index in [1.807, 2.05) is 0 Å².